The van der Waals surface area contributed by atoms with Crippen LogP contribution in [0.4, 0.5) is 13.2 Å². The van der Waals surface area contributed by atoms with Crippen LogP contribution in [0.3, 0.4) is 0 Å². The van der Waals surface area contributed by atoms with Gasteiger partial charge in [-0.3, -0.25) is 0 Å². The highest BCUT2D eigenvalue weighted by Crippen LogP contribution is 2.37. The lowest BCUT2D eigenvalue weighted by atomic mass is 9.90. The Bertz CT molecular complexity index is 678. The SMILES string of the molecule is CC1(CN)CCN(S(=O)(=O)c2cc(C(F)(F)F)ccc2Cl)C1. The molecule has 1 atom stereocenters. The van der Waals surface area contributed by atoms with Crippen LogP contribution in [0.25, 0.3) is 0 Å². The van der Waals surface area contributed by atoms with Crippen LogP contribution in [-0.4, -0.2) is 32.4 Å². The summed E-state index contributed by atoms with van der Waals surface area (Å²) in [6, 6.07) is 2.29. The first-order valence-electron chi connectivity index (χ1n) is 6.57. The highest BCUT2D eigenvalue weighted by molar-refractivity contribution is 7.89. The van der Waals surface area contributed by atoms with Gasteiger partial charge in [-0.25, -0.2) is 8.42 Å². The van der Waals surface area contributed by atoms with E-state index in [0.717, 1.165) is 16.4 Å². The molecule has 1 fully saturated rings. The van der Waals surface area contributed by atoms with E-state index in [1.54, 1.807) is 0 Å². The average molecular weight is 357 g/mol. The van der Waals surface area contributed by atoms with Gasteiger partial charge in [0.2, 0.25) is 10.0 Å². The van der Waals surface area contributed by atoms with Gasteiger partial charge in [-0.05, 0) is 36.6 Å². The third-order valence-electron chi connectivity index (χ3n) is 3.89. The van der Waals surface area contributed by atoms with Crippen LogP contribution in [0.5, 0.6) is 0 Å². The van der Waals surface area contributed by atoms with E-state index in [2.05, 4.69) is 0 Å². The summed E-state index contributed by atoms with van der Waals surface area (Å²) < 4.78 is 64.6. The molecule has 0 radical (unpaired) electrons. The number of nitrogens with two attached hydrogens (primary N) is 1. The van der Waals surface area contributed by atoms with Crippen molar-refractivity contribution in [2.24, 2.45) is 11.1 Å². The Morgan fingerprint density at radius 3 is 2.55 bits per heavy atom. The van der Waals surface area contributed by atoms with Gasteiger partial charge in [0, 0.05) is 13.1 Å². The van der Waals surface area contributed by atoms with Crippen molar-refractivity contribution < 1.29 is 21.6 Å². The van der Waals surface area contributed by atoms with Crippen molar-refractivity contribution in [3.05, 3.63) is 28.8 Å². The minimum absolute atomic E-state index is 0.165. The van der Waals surface area contributed by atoms with Crippen molar-refractivity contribution in [1.82, 2.24) is 4.31 Å². The van der Waals surface area contributed by atoms with Crippen molar-refractivity contribution in [1.29, 1.82) is 0 Å². The molecule has 124 valence electrons. The summed E-state index contributed by atoms with van der Waals surface area (Å²) in [6.07, 6.45) is -4.08. The van der Waals surface area contributed by atoms with E-state index in [9.17, 15) is 21.6 Å². The Morgan fingerprint density at radius 2 is 2.05 bits per heavy atom. The maximum atomic E-state index is 12.8. The highest BCUT2D eigenvalue weighted by atomic mass is 35.5. The third kappa shape index (κ3) is 3.24. The molecule has 0 aromatic heterocycles. The van der Waals surface area contributed by atoms with E-state index in [1.807, 2.05) is 6.92 Å². The zero-order valence-electron chi connectivity index (χ0n) is 11.8. The molecule has 1 aliphatic heterocycles. The quantitative estimate of drug-likeness (QED) is 0.905. The lowest BCUT2D eigenvalue weighted by Crippen LogP contribution is -2.34. The third-order valence-corrected chi connectivity index (χ3v) is 6.22. The van der Waals surface area contributed by atoms with Crippen molar-refractivity contribution in [3.63, 3.8) is 0 Å². The molecule has 0 amide bonds. The summed E-state index contributed by atoms with van der Waals surface area (Å²) in [5.74, 6) is 0. The first-order chi connectivity index (χ1) is 9.99. The predicted octanol–water partition coefficient (Wildman–Crippen LogP) is 2.72. The number of sulfonamides is 1. The van der Waals surface area contributed by atoms with Crippen molar-refractivity contribution in [2.75, 3.05) is 19.6 Å². The van der Waals surface area contributed by atoms with Gasteiger partial charge in [-0.2, -0.15) is 17.5 Å². The standard InChI is InChI=1S/C13H16ClF3N2O2S/c1-12(7-18)4-5-19(8-12)22(20,21)11-6-9(13(15,16)17)2-3-10(11)14/h2-3,6H,4-5,7-8,18H2,1H3. The molecule has 1 heterocycles. The molecule has 1 aliphatic rings. The van der Waals surface area contributed by atoms with Gasteiger partial charge in [0.25, 0.3) is 0 Å². The Balaban J connectivity index is 2.43. The number of benzene rings is 1. The number of hydrogen-bond donors (Lipinski definition) is 1. The summed E-state index contributed by atoms with van der Waals surface area (Å²) in [5, 5.41) is -0.227. The fourth-order valence-electron chi connectivity index (χ4n) is 2.37. The van der Waals surface area contributed by atoms with Crippen molar-refractivity contribution >= 4 is 21.6 Å². The lowest BCUT2D eigenvalue weighted by molar-refractivity contribution is -0.137. The zero-order chi connectivity index (χ0) is 16.8. The zero-order valence-corrected chi connectivity index (χ0v) is 13.4. The van der Waals surface area contributed by atoms with Gasteiger partial charge in [-0.1, -0.05) is 18.5 Å². The Labute approximate surface area is 132 Å². The smallest absolute Gasteiger partial charge is 0.330 e. The normalized spacial score (nSPS) is 23.9. The van der Waals surface area contributed by atoms with Crippen LogP contribution in [0.1, 0.15) is 18.9 Å². The second-order valence-electron chi connectivity index (χ2n) is 5.75. The summed E-state index contributed by atoms with van der Waals surface area (Å²) in [5.41, 5.74) is 4.21. The van der Waals surface area contributed by atoms with E-state index < -0.39 is 26.7 Å². The van der Waals surface area contributed by atoms with Crippen molar-refractivity contribution in [3.8, 4) is 0 Å². The molecule has 1 aromatic carbocycles. The van der Waals surface area contributed by atoms with E-state index in [0.29, 0.717) is 19.0 Å². The van der Waals surface area contributed by atoms with Gasteiger partial charge >= 0.3 is 6.18 Å². The molecule has 0 bridgehead atoms. The van der Waals surface area contributed by atoms with Gasteiger partial charge in [0.1, 0.15) is 4.90 Å². The largest absolute Gasteiger partial charge is 0.416 e. The Kier molecular flexibility index (Phi) is 4.51. The highest BCUT2D eigenvalue weighted by Gasteiger charge is 2.40. The second-order valence-corrected chi connectivity index (χ2v) is 8.06. The number of rotatable bonds is 3. The molecular weight excluding hydrogens is 341 g/mol. The molecule has 2 rings (SSSR count). The maximum Gasteiger partial charge on any atom is 0.416 e. The van der Waals surface area contributed by atoms with Gasteiger partial charge < -0.3 is 5.73 Å². The maximum absolute atomic E-state index is 12.8. The molecule has 1 aromatic rings. The number of hydrogen-bond acceptors (Lipinski definition) is 3. The van der Waals surface area contributed by atoms with Crippen LogP contribution in [-0.2, 0) is 16.2 Å². The molecule has 9 heteroatoms. The van der Waals surface area contributed by atoms with Gasteiger partial charge in [0.05, 0.1) is 10.6 Å². The molecular formula is C13H16ClF3N2O2S. The topological polar surface area (TPSA) is 63.4 Å². The van der Waals surface area contributed by atoms with E-state index in [1.165, 1.54) is 0 Å². The molecule has 2 N–H and O–H groups in total. The number of alkyl halides is 3. The molecule has 4 nitrogen and oxygen atoms in total. The van der Waals surface area contributed by atoms with Gasteiger partial charge in [-0.15, -0.1) is 0 Å². The minimum atomic E-state index is -4.63. The minimum Gasteiger partial charge on any atom is -0.330 e. The van der Waals surface area contributed by atoms with Crippen LogP contribution in [0.2, 0.25) is 5.02 Å². The monoisotopic (exact) mass is 356 g/mol. The van der Waals surface area contributed by atoms with Crippen molar-refractivity contribution in [2.45, 2.75) is 24.4 Å². The van der Waals surface area contributed by atoms with E-state index in [4.69, 9.17) is 17.3 Å². The first-order valence-corrected chi connectivity index (χ1v) is 8.38. The molecule has 22 heavy (non-hydrogen) atoms. The number of halogens is 4. The fraction of sp³-hybridized carbons (Fsp3) is 0.538. The first kappa shape index (κ1) is 17.5. The summed E-state index contributed by atoms with van der Waals surface area (Å²) in [4.78, 5) is -0.523. The molecule has 0 aliphatic carbocycles. The molecule has 1 saturated heterocycles. The molecule has 1 unspecified atom stereocenters. The van der Waals surface area contributed by atoms with E-state index >= 15 is 0 Å². The Morgan fingerprint density at radius 1 is 1.41 bits per heavy atom. The lowest BCUT2D eigenvalue weighted by Gasteiger charge is -2.23. The number of nitrogens with zero attached hydrogens (tertiary/aromatic N) is 1. The van der Waals surface area contributed by atoms with E-state index in [-0.39, 0.29) is 23.5 Å². The van der Waals surface area contributed by atoms with Crippen LogP contribution in [0, 0.1) is 5.41 Å². The van der Waals surface area contributed by atoms with Gasteiger partial charge in [0.15, 0.2) is 0 Å². The summed E-state index contributed by atoms with van der Waals surface area (Å²) >= 11 is 5.82. The van der Waals surface area contributed by atoms with Crippen LogP contribution in [0.15, 0.2) is 23.1 Å². The Hall–Kier alpha value is -0.830. The molecule has 0 saturated carbocycles. The predicted molar refractivity (Wildman–Crippen MR) is 77.0 cm³/mol. The molecule has 0 spiro atoms. The van der Waals surface area contributed by atoms with Crippen LogP contribution >= 0.6 is 11.6 Å². The fourth-order valence-corrected chi connectivity index (χ4v) is 4.46. The summed E-state index contributed by atoms with van der Waals surface area (Å²) in [6.45, 7) is 2.52. The summed E-state index contributed by atoms with van der Waals surface area (Å²) in [7, 11) is -4.09. The average Bonchev–Trinajstić information content (AvgIpc) is 2.82. The second kappa shape index (κ2) is 5.67. The van der Waals surface area contributed by atoms with Crippen LogP contribution < -0.4 is 5.73 Å².